The number of furan rings is 1. The first-order valence-corrected chi connectivity index (χ1v) is 7.53. The fourth-order valence-electron chi connectivity index (χ4n) is 3.16. The van der Waals surface area contributed by atoms with E-state index in [0.29, 0.717) is 18.2 Å². The molecule has 0 radical (unpaired) electrons. The SMILES string of the molecule is CN(CC(=O)c1coc2ccccc12)CC1CCCN1C. The topological polar surface area (TPSA) is 36.7 Å². The Hall–Kier alpha value is -1.65. The van der Waals surface area contributed by atoms with Crippen LogP contribution < -0.4 is 0 Å². The van der Waals surface area contributed by atoms with Gasteiger partial charge in [0.1, 0.15) is 11.8 Å². The summed E-state index contributed by atoms with van der Waals surface area (Å²) in [5.41, 5.74) is 1.47. The first-order chi connectivity index (χ1) is 10.1. The Bertz CT molecular complexity index is 635. The van der Waals surface area contributed by atoms with Crippen molar-refractivity contribution in [3.8, 4) is 0 Å². The molecule has 0 amide bonds. The monoisotopic (exact) mass is 286 g/mol. The summed E-state index contributed by atoms with van der Waals surface area (Å²) >= 11 is 0. The summed E-state index contributed by atoms with van der Waals surface area (Å²) in [6.45, 7) is 2.55. The Morgan fingerprint density at radius 1 is 1.43 bits per heavy atom. The summed E-state index contributed by atoms with van der Waals surface area (Å²) in [6.07, 6.45) is 4.07. The molecule has 1 aromatic heterocycles. The van der Waals surface area contributed by atoms with E-state index in [0.717, 1.165) is 17.5 Å². The van der Waals surface area contributed by atoms with E-state index in [2.05, 4.69) is 16.8 Å². The third kappa shape index (κ3) is 3.01. The normalized spacial score (nSPS) is 19.7. The van der Waals surface area contributed by atoms with Gasteiger partial charge in [0.15, 0.2) is 5.78 Å². The van der Waals surface area contributed by atoms with Crippen molar-refractivity contribution >= 4 is 16.8 Å². The zero-order valence-corrected chi connectivity index (χ0v) is 12.7. The second-order valence-corrected chi connectivity index (χ2v) is 6.04. The van der Waals surface area contributed by atoms with E-state index in [-0.39, 0.29) is 5.78 Å². The highest BCUT2D eigenvalue weighted by Crippen LogP contribution is 2.21. The highest BCUT2D eigenvalue weighted by molar-refractivity contribution is 6.08. The van der Waals surface area contributed by atoms with Gasteiger partial charge in [-0.3, -0.25) is 9.69 Å². The largest absolute Gasteiger partial charge is 0.464 e. The molecular formula is C17H22N2O2. The molecule has 1 aromatic carbocycles. The van der Waals surface area contributed by atoms with E-state index in [4.69, 9.17) is 4.42 Å². The van der Waals surface area contributed by atoms with Gasteiger partial charge in [-0.05, 0) is 39.5 Å². The molecule has 0 aliphatic carbocycles. The maximum atomic E-state index is 12.5. The Balaban J connectivity index is 1.65. The van der Waals surface area contributed by atoms with Gasteiger partial charge in [0.25, 0.3) is 0 Å². The molecule has 2 aromatic rings. The van der Waals surface area contributed by atoms with Gasteiger partial charge in [0.2, 0.25) is 0 Å². The van der Waals surface area contributed by atoms with Gasteiger partial charge in [0.05, 0.1) is 12.1 Å². The lowest BCUT2D eigenvalue weighted by Gasteiger charge is -2.25. The van der Waals surface area contributed by atoms with Crippen molar-refractivity contribution in [2.45, 2.75) is 18.9 Å². The number of para-hydroxylation sites is 1. The minimum Gasteiger partial charge on any atom is -0.464 e. The minimum atomic E-state index is 0.128. The molecule has 1 aliphatic heterocycles. The summed E-state index contributed by atoms with van der Waals surface area (Å²) in [6, 6.07) is 8.26. The summed E-state index contributed by atoms with van der Waals surface area (Å²) < 4.78 is 5.45. The highest BCUT2D eigenvalue weighted by atomic mass is 16.3. The van der Waals surface area contributed by atoms with Crippen LogP contribution in [-0.4, -0.2) is 55.4 Å². The van der Waals surface area contributed by atoms with Gasteiger partial charge < -0.3 is 9.32 Å². The molecule has 0 N–H and O–H groups in total. The number of fused-ring (bicyclic) bond motifs is 1. The molecule has 4 heteroatoms. The van der Waals surface area contributed by atoms with Gasteiger partial charge >= 0.3 is 0 Å². The fraction of sp³-hybridized carbons (Fsp3) is 0.471. The Labute approximate surface area is 125 Å². The van der Waals surface area contributed by atoms with E-state index in [1.165, 1.54) is 19.4 Å². The molecular weight excluding hydrogens is 264 g/mol. The molecule has 4 nitrogen and oxygen atoms in total. The number of likely N-dealkylation sites (N-methyl/N-ethyl adjacent to an activating group) is 2. The summed E-state index contributed by atoms with van der Waals surface area (Å²) in [5.74, 6) is 0.128. The van der Waals surface area contributed by atoms with E-state index < -0.39 is 0 Å². The first kappa shape index (κ1) is 14.3. The van der Waals surface area contributed by atoms with Crippen molar-refractivity contribution in [1.29, 1.82) is 0 Å². The van der Waals surface area contributed by atoms with Crippen molar-refractivity contribution in [1.82, 2.24) is 9.80 Å². The van der Waals surface area contributed by atoms with E-state index >= 15 is 0 Å². The Kier molecular flexibility index (Phi) is 4.08. The van der Waals surface area contributed by atoms with Crippen LogP contribution in [0.3, 0.4) is 0 Å². The summed E-state index contributed by atoms with van der Waals surface area (Å²) in [5, 5.41) is 0.911. The molecule has 1 saturated heterocycles. The quantitative estimate of drug-likeness (QED) is 0.792. The fourth-order valence-corrected chi connectivity index (χ4v) is 3.16. The molecule has 1 aliphatic rings. The molecule has 1 unspecified atom stereocenters. The zero-order chi connectivity index (χ0) is 14.8. The second kappa shape index (κ2) is 6.00. The lowest BCUT2D eigenvalue weighted by atomic mass is 10.1. The third-order valence-electron chi connectivity index (χ3n) is 4.39. The van der Waals surface area contributed by atoms with Crippen molar-refractivity contribution in [2.24, 2.45) is 0 Å². The predicted octanol–water partition coefficient (Wildman–Crippen LogP) is 2.64. The molecule has 0 spiro atoms. The van der Waals surface area contributed by atoms with Crippen LogP contribution in [0.15, 0.2) is 34.9 Å². The van der Waals surface area contributed by atoms with Crippen LogP contribution in [0.4, 0.5) is 0 Å². The minimum absolute atomic E-state index is 0.128. The van der Waals surface area contributed by atoms with Crippen molar-refractivity contribution < 1.29 is 9.21 Å². The second-order valence-electron chi connectivity index (χ2n) is 6.04. The summed E-state index contributed by atoms with van der Waals surface area (Å²) in [7, 11) is 4.18. The third-order valence-corrected chi connectivity index (χ3v) is 4.39. The van der Waals surface area contributed by atoms with Crippen molar-refractivity contribution in [2.75, 3.05) is 33.7 Å². The van der Waals surface area contributed by atoms with Crippen LogP contribution in [0.25, 0.3) is 11.0 Å². The molecule has 0 bridgehead atoms. The number of hydrogen-bond acceptors (Lipinski definition) is 4. The van der Waals surface area contributed by atoms with Crippen molar-refractivity contribution in [3.63, 3.8) is 0 Å². The Morgan fingerprint density at radius 3 is 3.00 bits per heavy atom. The van der Waals surface area contributed by atoms with Gasteiger partial charge in [-0.2, -0.15) is 0 Å². The van der Waals surface area contributed by atoms with Gasteiger partial charge in [-0.25, -0.2) is 0 Å². The number of carbonyl (C=O) groups is 1. The van der Waals surface area contributed by atoms with E-state index in [9.17, 15) is 4.79 Å². The van der Waals surface area contributed by atoms with Gasteiger partial charge in [-0.1, -0.05) is 18.2 Å². The standard InChI is InChI=1S/C17H22N2O2/c1-18(10-13-6-5-9-19(13)2)11-16(20)15-12-21-17-8-4-3-7-14(15)17/h3-4,7-8,12-13H,5-6,9-11H2,1-2H3. The predicted molar refractivity (Wildman–Crippen MR) is 83.7 cm³/mol. The lowest BCUT2D eigenvalue weighted by Crippen LogP contribution is -2.38. The molecule has 1 fully saturated rings. The molecule has 21 heavy (non-hydrogen) atoms. The highest BCUT2D eigenvalue weighted by Gasteiger charge is 2.23. The smallest absolute Gasteiger partial charge is 0.180 e. The molecule has 2 heterocycles. The number of hydrogen-bond donors (Lipinski definition) is 0. The molecule has 3 rings (SSSR count). The van der Waals surface area contributed by atoms with E-state index in [1.54, 1.807) is 6.26 Å². The van der Waals surface area contributed by atoms with E-state index in [1.807, 2.05) is 31.3 Å². The maximum Gasteiger partial charge on any atom is 0.180 e. The van der Waals surface area contributed by atoms with Gasteiger partial charge in [0, 0.05) is 18.0 Å². The number of carbonyl (C=O) groups excluding carboxylic acids is 1. The lowest BCUT2D eigenvalue weighted by molar-refractivity contribution is 0.0933. The van der Waals surface area contributed by atoms with Crippen LogP contribution >= 0.6 is 0 Å². The number of nitrogens with zero attached hydrogens (tertiary/aromatic N) is 2. The maximum absolute atomic E-state index is 12.5. The number of rotatable bonds is 5. The number of benzene rings is 1. The number of ketones is 1. The molecule has 0 saturated carbocycles. The van der Waals surface area contributed by atoms with Crippen LogP contribution in [-0.2, 0) is 0 Å². The molecule has 112 valence electrons. The zero-order valence-electron chi connectivity index (χ0n) is 12.7. The number of likely N-dealkylation sites (tertiary alicyclic amines) is 1. The number of Topliss-reactive ketones (excluding diaryl/α,β-unsaturated/α-hetero) is 1. The average molecular weight is 286 g/mol. The van der Waals surface area contributed by atoms with Gasteiger partial charge in [-0.15, -0.1) is 0 Å². The summed E-state index contributed by atoms with van der Waals surface area (Å²) in [4.78, 5) is 17.0. The van der Waals surface area contributed by atoms with Crippen LogP contribution in [0, 0.1) is 0 Å². The van der Waals surface area contributed by atoms with Crippen LogP contribution in [0.1, 0.15) is 23.2 Å². The Morgan fingerprint density at radius 2 is 2.24 bits per heavy atom. The molecule has 1 atom stereocenters. The average Bonchev–Trinajstić information content (AvgIpc) is 3.05. The van der Waals surface area contributed by atoms with Crippen molar-refractivity contribution in [3.05, 3.63) is 36.1 Å². The first-order valence-electron chi connectivity index (χ1n) is 7.53. The van der Waals surface area contributed by atoms with Crippen LogP contribution in [0.2, 0.25) is 0 Å². The van der Waals surface area contributed by atoms with Crippen LogP contribution in [0.5, 0.6) is 0 Å².